The van der Waals surface area contributed by atoms with E-state index in [0.717, 1.165) is 25.9 Å². The lowest BCUT2D eigenvalue weighted by atomic mass is 10.0. The van der Waals surface area contributed by atoms with E-state index in [-0.39, 0.29) is 5.78 Å². The number of ketones is 1. The monoisotopic (exact) mass is 271 g/mol. The van der Waals surface area contributed by atoms with E-state index in [1.165, 1.54) is 0 Å². The van der Waals surface area contributed by atoms with Gasteiger partial charge in [-0.2, -0.15) is 5.26 Å². The van der Waals surface area contributed by atoms with Crippen LogP contribution in [0.3, 0.4) is 0 Å². The van der Waals surface area contributed by atoms with Gasteiger partial charge < -0.3 is 4.90 Å². The molecule has 1 aromatic carbocycles. The average molecular weight is 271 g/mol. The molecule has 20 heavy (non-hydrogen) atoms. The van der Waals surface area contributed by atoms with Crippen LogP contribution in [0.2, 0.25) is 0 Å². The standard InChI is InChI=1S/C16H21N3O/c1-18-9-7-15(8-10-18)19(2)12-16(20)14-5-3-13(11-17)4-6-14/h3-6,15H,7-10,12H2,1-2H3. The van der Waals surface area contributed by atoms with Crippen LogP contribution in [0.5, 0.6) is 0 Å². The molecule has 1 aliphatic heterocycles. The molecule has 1 aliphatic rings. The van der Waals surface area contributed by atoms with Crippen molar-refractivity contribution in [3.8, 4) is 6.07 Å². The molecule has 1 aromatic rings. The molecule has 0 bridgehead atoms. The van der Waals surface area contributed by atoms with Crippen LogP contribution in [0.15, 0.2) is 24.3 Å². The Morgan fingerprint density at radius 2 is 1.95 bits per heavy atom. The lowest BCUT2D eigenvalue weighted by molar-refractivity contribution is 0.0871. The van der Waals surface area contributed by atoms with Gasteiger partial charge in [0.05, 0.1) is 18.2 Å². The topological polar surface area (TPSA) is 47.3 Å². The Balaban J connectivity index is 1.91. The van der Waals surface area contributed by atoms with Gasteiger partial charge in [0.15, 0.2) is 5.78 Å². The predicted molar refractivity (Wildman–Crippen MR) is 78.6 cm³/mol. The van der Waals surface area contributed by atoms with Gasteiger partial charge in [0.2, 0.25) is 0 Å². The number of nitrogens with zero attached hydrogens (tertiary/aromatic N) is 3. The van der Waals surface area contributed by atoms with Gasteiger partial charge >= 0.3 is 0 Å². The summed E-state index contributed by atoms with van der Waals surface area (Å²) in [6, 6.07) is 9.43. The van der Waals surface area contributed by atoms with Gasteiger partial charge in [-0.05, 0) is 52.2 Å². The van der Waals surface area contributed by atoms with E-state index < -0.39 is 0 Å². The molecule has 4 heteroatoms. The molecule has 0 atom stereocenters. The van der Waals surface area contributed by atoms with Crippen LogP contribution < -0.4 is 0 Å². The summed E-state index contributed by atoms with van der Waals surface area (Å²) in [6.45, 7) is 2.64. The summed E-state index contributed by atoms with van der Waals surface area (Å²) in [5.41, 5.74) is 1.27. The molecule has 1 saturated heterocycles. The number of piperidine rings is 1. The fourth-order valence-electron chi connectivity index (χ4n) is 2.61. The number of nitriles is 1. The fourth-order valence-corrected chi connectivity index (χ4v) is 2.61. The highest BCUT2D eigenvalue weighted by molar-refractivity contribution is 5.97. The normalized spacial score (nSPS) is 17.1. The smallest absolute Gasteiger partial charge is 0.176 e. The third-order valence-corrected chi connectivity index (χ3v) is 4.04. The number of carbonyl (C=O) groups is 1. The number of Topliss-reactive ketones (excluding diaryl/α,β-unsaturated/α-hetero) is 1. The molecule has 0 unspecified atom stereocenters. The number of carbonyl (C=O) groups excluding carboxylic acids is 1. The SMILES string of the molecule is CN1CCC(N(C)CC(=O)c2ccc(C#N)cc2)CC1. The molecule has 4 nitrogen and oxygen atoms in total. The summed E-state index contributed by atoms with van der Waals surface area (Å²) < 4.78 is 0. The number of hydrogen-bond acceptors (Lipinski definition) is 4. The minimum Gasteiger partial charge on any atom is -0.306 e. The number of rotatable bonds is 4. The Morgan fingerprint density at radius 1 is 1.35 bits per heavy atom. The summed E-state index contributed by atoms with van der Waals surface area (Å²) in [5, 5.41) is 8.76. The van der Waals surface area contributed by atoms with Crippen molar-refractivity contribution in [2.75, 3.05) is 33.7 Å². The van der Waals surface area contributed by atoms with Crippen LogP contribution in [-0.2, 0) is 0 Å². The quantitative estimate of drug-likeness (QED) is 0.783. The van der Waals surface area contributed by atoms with Gasteiger partial charge in [-0.25, -0.2) is 0 Å². The minimum atomic E-state index is 0.121. The van der Waals surface area contributed by atoms with Crippen LogP contribution in [0.25, 0.3) is 0 Å². The van der Waals surface area contributed by atoms with Crippen LogP contribution in [0, 0.1) is 11.3 Å². The van der Waals surface area contributed by atoms with Crippen molar-refractivity contribution >= 4 is 5.78 Å². The Morgan fingerprint density at radius 3 is 2.50 bits per heavy atom. The zero-order chi connectivity index (χ0) is 14.5. The van der Waals surface area contributed by atoms with E-state index in [4.69, 9.17) is 5.26 Å². The maximum absolute atomic E-state index is 12.2. The van der Waals surface area contributed by atoms with Crippen LogP contribution >= 0.6 is 0 Å². The van der Waals surface area contributed by atoms with Crippen molar-refractivity contribution < 1.29 is 4.79 Å². The first kappa shape index (κ1) is 14.7. The van der Waals surface area contributed by atoms with E-state index in [1.807, 2.05) is 7.05 Å². The molecule has 0 spiro atoms. The summed E-state index contributed by atoms with van der Waals surface area (Å²) in [4.78, 5) is 16.7. The van der Waals surface area contributed by atoms with E-state index >= 15 is 0 Å². The van der Waals surface area contributed by atoms with Crippen molar-refractivity contribution in [3.63, 3.8) is 0 Å². The molecule has 0 N–H and O–H groups in total. The van der Waals surface area contributed by atoms with E-state index in [9.17, 15) is 4.79 Å². The summed E-state index contributed by atoms with van der Waals surface area (Å²) in [7, 11) is 4.16. The molecule has 1 fully saturated rings. The second kappa shape index (κ2) is 6.65. The molecule has 2 rings (SSSR count). The number of benzene rings is 1. The van der Waals surface area contributed by atoms with E-state index in [2.05, 4.69) is 22.9 Å². The molecule has 0 radical (unpaired) electrons. The van der Waals surface area contributed by atoms with Gasteiger partial charge in [-0.15, -0.1) is 0 Å². The van der Waals surface area contributed by atoms with Crippen molar-refractivity contribution in [2.45, 2.75) is 18.9 Å². The average Bonchev–Trinajstić information content (AvgIpc) is 2.48. The van der Waals surface area contributed by atoms with Gasteiger partial charge in [0, 0.05) is 11.6 Å². The summed E-state index contributed by atoms with van der Waals surface area (Å²) >= 11 is 0. The first-order valence-corrected chi connectivity index (χ1v) is 7.02. The second-order valence-electron chi connectivity index (χ2n) is 5.56. The van der Waals surface area contributed by atoms with Crippen molar-refractivity contribution in [3.05, 3.63) is 35.4 Å². The highest BCUT2D eigenvalue weighted by atomic mass is 16.1. The van der Waals surface area contributed by atoms with Crippen molar-refractivity contribution in [1.82, 2.24) is 9.80 Å². The molecular formula is C16H21N3O. The van der Waals surface area contributed by atoms with E-state index in [1.54, 1.807) is 24.3 Å². The second-order valence-corrected chi connectivity index (χ2v) is 5.56. The van der Waals surface area contributed by atoms with Gasteiger partial charge in [-0.1, -0.05) is 12.1 Å². The Bertz CT molecular complexity index is 495. The molecule has 0 aliphatic carbocycles. The third-order valence-electron chi connectivity index (χ3n) is 4.04. The zero-order valence-corrected chi connectivity index (χ0v) is 12.2. The Kier molecular flexibility index (Phi) is 4.89. The first-order chi connectivity index (χ1) is 9.60. The lowest BCUT2D eigenvalue weighted by Crippen LogP contribution is -2.43. The number of likely N-dealkylation sites (tertiary alicyclic amines) is 1. The molecule has 0 amide bonds. The van der Waals surface area contributed by atoms with Gasteiger partial charge in [-0.3, -0.25) is 9.69 Å². The highest BCUT2D eigenvalue weighted by Crippen LogP contribution is 2.15. The molecule has 106 valence electrons. The summed E-state index contributed by atoms with van der Waals surface area (Å²) in [5.74, 6) is 0.121. The number of likely N-dealkylation sites (N-methyl/N-ethyl adjacent to an activating group) is 1. The van der Waals surface area contributed by atoms with Crippen molar-refractivity contribution in [2.24, 2.45) is 0 Å². The predicted octanol–water partition coefficient (Wildman–Crippen LogP) is 1.77. The van der Waals surface area contributed by atoms with Crippen molar-refractivity contribution in [1.29, 1.82) is 5.26 Å². The Hall–Kier alpha value is -1.70. The van der Waals surface area contributed by atoms with Gasteiger partial charge in [0.25, 0.3) is 0 Å². The maximum atomic E-state index is 12.2. The minimum absolute atomic E-state index is 0.121. The van der Waals surface area contributed by atoms with Crippen LogP contribution in [0.4, 0.5) is 0 Å². The first-order valence-electron chi connectivity index (χ1n) is 7.02. The van der Waals surface area contributed by atoms with Gasteiger partial charge in [0.1, 0.15) is 0 Å². The molecule has 0 saturated carbocycles. The summed E-state index contributed by atoms with van der Waals surface area (Å²) in [6.07, 6.45) is 2.24. The lowest BCUT2D eigenvalue weighted by Gasteiger charge is -2.34. The highest BCUT2D eigenvalue weighted by Gasteiger charge is 2.22. The third kappa shape index (κ3) is 3.66. The van der Waals surface area contributed by atoms with E-state index in [0.29, 0.717) is 23.7 Å². The number of hydrogen-bond donors (Lipinski definition) is 0. The fraction of sp³-hybridized carbons (Fsp3) is 0.500. The zero-order valence-electron chi connectivity index (χ0n) is 12.2. The largest absolute Gasteiger partial charge is 0.306 e. The molecule has 0 aromatic heterocycles. The maximum Gasteiger partial charge on any atom is 0.176 e. The molecule has 1 heterocycles. The molecular weight excluding hydrogens is 250 g/mol. The Labute approximate surface area is 120 Å². The van der Waals surface area contributed by atoms with Crippen LogP contribution in [0.1, 0.15) is 28.8 Å². The van der Waals surface area contributed by atoms with Crippen LogP contribution in [-0.4, -0.2) is 55.4 Å².